The molecule has 0 atom stereocenters. The Balaban J connectivity index is 1.38. The number of pyridine rings is 1. The van der Waals surface area contributed by atoms with Crippen LogP contribution in [-0.2, 0) is 9.59 Å². The molecule has 0 spiro atoms. The predicted molar refractivity (Wildman–Crippen MR) is 104 cm³/mol. The van der Waals surface area contributed by atoms with Gasteiger partial charge in [-0.25, -0.2) is 4.98 Å². The van der Waals surface area contributed by atoms with E-state index >= 15 is 0 Å². The number of fused-ring (bicyclic) bond motifs is 1. The van der Waals surface area contributed by atoms with Crippen LogP contribution in [0.25, 0.3) is 11.2 Å². The van der Waals surface area contributed by atoms with Gasteiger partial charge in [-0.1, -0.05) is 17.8 Å². The number of anilines is 2. The van der Waals surface area contributed by atoms with E-state index in [4.69, 9.17) is 4.42 Å². The minimum Gasteiger partial charge on any atom is -0.430 e. The Morgan fingerprint density at radius 1 is 1.30 bits per heavy atom. The van der Waals surface area contributed by atoms with Crippen molar-refractivity contribution >= 4 is 46.2 Å². The van der Waals surface area contributed by atoms with Crippen molar-refractivity contribution in [2.75, 3.05) is 22.5 Å². The fraction of sp³-hybridized carbons (Fsp3) is 0.263. The smallest absolute Gasteiger partial charge is 0.258 e. The van der Waals surface area contributed by atoms with Crippen LogP contribution < -0.4 is 10.2 Å². The number of hydrogen-bond acceptors (Lipinski definition) is 6. The summed E-state index contributed by atoms with van der Waals surface area (Å²) in [4.78, 5) is 34.5. The van der Waals surface area contributed by atoms with E-state index in [9.17, 15) is 9.59 Å². The number of rotatable bonds is 5. The first-order chi connectivity index (χ1) is 13.1. The molecule has 3 aromatic rings. The lowest BCUT2D eigenvalue weighted by atomic mass is 10.2. The lowest BCUT2D eigenvalue weighted by molar-refractivity contribution is -0.117. The molecule has 0 bridgehead atoms. The van der Waals surface area contributed by atoms with Gasteiger partial charge in [0.25, 0.3) is 5.22 Å². The summed E-state index contributed by atoms with van der Waals surface area (Å²) in [6.07, 6.45) is 1.44. The number of nitrogens with one attached hydrogen (secondary N) is 1. The van der Waals surface area contributed by atoms with Gasteiger partial charge < -0.3 is 14.6 Å². The molecule has 1 aromatic carbocycles. The second-order valence-corrected chi connectivity index (χ2v) is 7.22. The Kier molecular flexibility index (Phi) is 4.81. The second-order valence-electron chi connectivity index (χ2n) is 6.29. The molecule has 0 unspecified atom stereocenters. The Labute approximate surface area is 160 Å². The van der Waals surface area contributed by atoms with Crippen molar-refractivity contribution in [2.24, 2.45) is 0 Å². The lowest BCUT2D eigenvalue weighted by Crippen LogP contribution is -2.23. The fourth-order valence-corrected chi connectivity index (χ4v) is 3.58. The first-order valence-electron chi connectivity index (χ1n) is 8.66. The lowest BCUT2D eigenvalue weighted by Gasteiger charge is -2.16. The highest BCUT2D eigenvalue weighted by molar-refractivity contribution is 7.99. The van der Waals surface area contributed by atoms with Crippen LogP contribution in [0, 0.1) is 6.92 Å². The number of aryl methyl sites for hydroxylation is 1. The third-order valence-electron chi connectivity index (χ3n) is 4.21. The maximum absolute atomic E-state index is 12.3. The molecule has 8 heteroatoms. The highest BCUT2D eigenvalue weighted by Gasteiger charge is 2.21. The zero-order valence-corrected chi connectivity index (χ0v) is 15.6. The van der Waals surface area contributed by atoms with E-state index in [-0.39, 0.29) is 17.6 Å². The molecular weight excluding hydrogens is 364 g/mol. The van der Waals surface area contributed by atoms with Crippen LogP contribution in [0.2, 0.25) is 0 Å². The molecule has 2 aromatic heterocycles. The van der Waals surface area contributed by atoms with Gasteiger partial charge in [-0.05, 0) is 43.7 Å². The summed E-state index contributed by atoms with van der Waals surface area (Å²) < 4.78 is 5.59. The van der Waals surface area contributed by atoms with Gasteiger partial charge in [-0.3, -0.25) is 9.59 Å². The van der Waals surface area contributed by atoms with Gasteiger partial charge in [-0.15, -0.1) is 0 Å². The van der Waals surface area contributed by atoms with Crippen molar-refractivity contribution in [1.29, 1.82) is 0 Å². The average Bonchev–Trinajstić information content (AvgIpc) is 3.25. The van der Waals surface area contributed by atoms with Crippen molar-refractivity contribution in [3.05, 3.63) is 42.1 Å². The molecule has 3 heterocycles. The monoisotopic (exact) mass is 382 g/mol. The van der Waals surface area contributed by atoms with E-state index in [1.807, 2.05) is 37.3 Å². The van der Waals surface area contributed by atoms with Crippen LogP contribution in [0.1, 0.15) is 18.5 Å². The maximum atomic E-state index is 12.3. The number of amides is 2. The third kappa shape index (κ3) is 3.95. The van der Waals surface area contributed by atoms with Gasteiger partial charge in [0.2, 0.25) is 11.8 Å². The highest BCUT2D eigenvalue weighted by atomic mass is 32.2. The summed E-state index contributed by atoms with van der Waals surface area (Å²) >= 11 is 1.21. The largest absolute Gasteiger partial charge is 0.430 e. The van der Waals surface area contributed by atoms with Crippen LogP contribution in [0.4, 0.5) is 11.4 Å². The zero-order chi connectivity index (χ0) is 18.8. The van der Waals surface area contributed by atoms with Crippen LogP contribution in [0.15, 0.2) is 46.0 Å². The van der Waals surface area contributed by atoms with Crippen molar-refractivity contribution in [2.45, 2.75) is 25.0 Å². The van der Waals surface area contributed by atoms with Gasteiger partial charge in [0.05, 0.1) is 5.75 Å². The fourth-order valence-electron chi connectivity index (χ4n) is 2.95. The first kappa shape index (κ1) is 17.5. The number of carbonyl (C=O) groups excluding carboxylic acids is 2. The number of benzene rings is 1. The summed E-state index contributed by atoms with van der Waals surface area (Å²) in [5.74, 6) is 0.115. The average molecular weight is 382 g/mol. The summed E-state index contributed by atoms with van der Waals surface area (Å²) in [5, 5.41) is 3.26. The number of aromatic nitrogens is 2. The summed E-state index contributed by atoms with van der Waals surface area (Å²) in [6, 6.07) is 11.0. The third-order valence-corrected chi connectivity index (χ3v) is 5.04. The molecule has 0 aliphatic carbocycles. The van der Waals surface area contributed by atoms with Crippen molar-refractivity contribution < 1.29 is 14.0 Å². The van der Waals surface area contributed by atoms with E-state index in [0.717, 1.165) is 24.3 Å². The predicted octanol–water partition coefficient (Wildman–Crippen LogP) is 3.39. The molecule has 1 fully saturated rings. The number of nitrogens with zero attached hydrogens (tertiary/aromatic N) is 3. The van der Waals surface area contributed by atoms with Crippen LogP contribution in [-0.4, -0.2) is 34.1 Å². The number of carbonyl (C=O) groups is 2. The molecule has 138 valence electrons. The highest BCUT2D eigenvalue weighted by Crippen LogP contribution is 2.25. The topological polar surface area (TPSA) is 88.3 Å². The molecule has 2 amide bonds. The molecule has 0 saturated carbocycles. The summed E-state index contributed by atoms with van der Waals surface area (Å²) in [5.41, 5.74) is 3.48. The van der Waals surface area contributed by atoms with Gasteiger partial charge in [0, 0.05) is 30.0 Å². The van der Waals surface area contributed by atoms with Crippen LogP contribution in [0.5, 0.6) is 0 Å². The molecule has 1 N–H and O–H groups in total. The van der Waals surface area contributed by atoms with Gasteiger partial charge in [-0.2, -0.15) is 4.98 Å². The minimum atomic E-state index is -0.170. The molecule has 1 aliphatic rings. The van der Waals surface area contributed by atoms with Crippen molar-refractivity contribution in [3.8, 4) is 0 Å². The number of thioether (sulfide) groups is 1. The van der Waals surface area contributed by atoms with Crippen LogP contribution in [0.3, 0.4) is 0 Å². The second kappa shape index (κ2) is 7.40. The molecule has 27 heavy (non-hydrogen) atoms. The SMILES string of the molecule is Cc1ccc2oc(SCC(=O)Nc3cccc(N4CCCC4=O)c3)nc2n1. The Hall–Kier alpha value is -2.87. The zero-order valence-electron chi connectivity index (χ0n) is 14.8. The van der Waals surface area contributed by atoms with Gasteiger partial charge in [0.1, 0.15) is 0 Å². The van der Waals surface area contributed by atoms with Crippen LogP contribution >= 0.6 is 11.8 Å². The van der Waals surface area contributed by atoms with E-state index in [1.54, 1.807) is 11.0 Å². The summed E-state index contributed by atoms with van der Waals surface area (Å²) in [7, 11) is 0. The van der Waals surface area contributed by atoms with E-state index < -0.39 is 0 Å². The number of hydrogen-bond donors (Lipinski definition) is 1. The molecule has 1 aliphatic heterocycles. The van der Waals surface area contributed by atoms with Gasteiger partial charge in [0.15, 0.2) is 11.2 Å². The van der Waals surface area contributed by atoms with E-state index in [2.05, 4.69) is 15.3 Å². The Morgan fingerprint density at radius 3 is 3.00 bits per heavy atom. The van der Waals surface area contributed by atoms with E-state index in [1.165, 1.54) is 11.8 Å². The van der Waals surface area contributed by atoms with Gasteiger partial charge >= 0.3 is 0 Å². The maximum Gasteiger partial charge on any atom is 0.258 e. The standard InChI is InChI=1S/C19H18N4O3S/c1-12-7-8-15-18(20-12)22-19(26-15)27-11-16(24)21-13-4-2-5-14(10-13)23-9-3-6-17(23)25/h2,4-5,7-8,10H,3,6,9,11H2,1H3,(H,21,24). The normalized spacial score (nSPS) is 14.1. The molecule has 1 saturated heterocycles. The quantitative estimate of drug-likeness (QED) is 0.681. The first-order valence-corrected chi connectivity index (χ1v) is 9.64. The molecule has 4 rings (SSSR count). The Morgan fingerprint density at radius 2 is 2.19 bits per heavy atom. The minimum absolute atomic E-state index is 0.119. The molecular formula is C19H18N4O3S. The van der Waals surface area contributed by atoms with E-state index in [0.29, 0.717) is 28.6 Å². The molecule has 0 radical (unpaired) electrons. The van der Waals surface area contributed by atoms with Crippen molar-refractivity contribution in [3.63, 3.8) is 0 Å². The summed E-state index contributed by atoms with van der Waals surface area (Å²) in [6.45, 7) is 2.61. The molecule has 7 nitrogen and oxygen atoms in total. The Bertz CT molecular complexity index is 1020. The number of oxazole rings is 1. The van der Waals surface area contributed by atoms with Crippen molar-refractivity contribution in [1.82, 2.24) is 9.97 Å².